The average Bonchev–Trinajstić information content (AvgIpc) is 3.40. The first-order valence-electron chi connectivity index (χ1n) is 14.9. The SMILES string of the molecule is COc1ccc(CN(CCc2c[nH]c3ccccc23)C(=O)CN(CC(C)C)C(=O)c2ccc(C(C)(C)C)cc2)cc1OC. The van der Waals surface area contributed by atoms with E-state index in [1.54, 1.807) is 19.1 Å². The molecule has 0 atom stereocenters. The van der Waals surface area contributed by atoms with Crippen LogP contribution in [0.25, 0.3) is 10.9 Å². The van der Waals surface area contributed by atoms with Gasteiger partial charge in [-0.3, -0.25) is 9.59 Å². The lowest BCUT2D eigenvalue weighted by molar-refractivity contribution is -0.132. The van der Waals surface area contributed by atoms with Crippen molar-refractivity contribution < 1.29 is 19.1 Å². The number of nitrogens with zero attached hydrogens (tertiary/aromatic N) is 2. The van der Waals surface area contributed by atoms with Crippen LogP contribution >= 0.6 is 0 Å². The highest BCUT2D eigenvalue weighted by Crippen LogP contribution is 2.28. The molecule has 0 aliphatic carbocycles. The minimum absolute atomic E-state index is 0.000784. The molecule has 0 spiro atoms. The van der Waals surface area contributed by atoms with Crippen LogP contribution in [-0.2, 0) is 23.2 Å². The van der Waals surface area contributed by atoms with Crippen LogP contribution in [0.15, 0.2) is 72.9 Å². The third kappa shape index (κ3) is 7.98. The lowest BCUT2D eigenvalue weighted by Gasteiger charge is -2.29. The molecule has 4 aromatic rings. The second kappa shape index (κ2) is 13.8. The Labute approximate surface area is 255 Å². The molecule has 0 saturated carbocycles. The largest absolute Gasteiger partial charge is 0.493 e. The molecule has 4 rings (SSSR count). The highest BCUT2D eigenvalue weighted by molar-refractivity contribution is 5.96. The lowest BCUT2D eigenvalue weighted by atomic mass is 9.86. The summed E-state index contributed by atoms with van der Waals surface area (Å²) in [7, 11) is 3.20. The molecular formula is C36H45N3O4. The van der Waals surface area contributed by atoms with E-state index in [1.165, 1.54) is 0 Å². The zero-order chi connectivity index (χ0) is 31.1. The number of hydrogen-bond acceptors (Lipinski definition) is 4. The predicted octanol–water partition coefficient (Wildman–Crippen LogP) is 6.85. The standard InChI is InChI=1S/C36H45N3O4/c1-25(2)22-39(35(41)27-13-15-29(16-14-27)36(3,4)5)24-34(40)38(23-26-12-17-32(42-6)33(20-26)43-7)19-18-28-21-37-31-11-9-8-10-30(28)31/h8-17,20-21,25,37H,18-19,22-24H2,1-7H3. The lowest BCUT2D eigenvalue weighted by Crippen LogP contribution is -2.44. The number of carbonyl (C=O) groups is 2. The minimum Gasteiger partial charge on any atom is -0.493 e. The maximum Gasteiger partial charge on any atom is 0.254 e. The molecule has 7 nitrogen and oxygen atoms in total. The van der Waals surface area contributed by atoms with Crippen LogP contribution in [-0.4, -0.2) is 60.5 Å². The van der Waals surface area contributed by atoms with Gasteiger partial charge in [0.2, 0.25) is 5.91 Å². The fraction of sp³-hybridized carbons (Fsp3) is 0.389. The zero-order valence-electron chi connectivity index (χ0n) is 26.6. The molecule has 1 heterocycles. The number of amides is 2. The van der Waals surface area contributed by atoms with Gasteiger partial charge in [-0.05, 0) is 64.8 Å². The molecule has 0 unspecified atom stereocenters. The second-order valence-corrected chi connectivity index (χ2v) is 12.5. The zero-order valence-corrected chi connectivity index (χ0v) is 26.6. The van der Waals surface area contributed by atoms with E-state index in [-0.39, 0.29) is 29.7 Å². The van der Waals surface area contributed by atoms with Crippen LogP contribution in [0.2, 0.25) is 0 Å². The number of aromatic amines is 1. The van der Waals surface area contributed by atoms with Crippen molar-refractivity contribution in [3.05, 3.63) is 95.2 Å². The maximum absolute atomic E-state index is 14.0. The van der Waals surface area contributed by atoms with Gasteiger partial charge in [0.05, 0.1) is 14.2 Å². The number of fused-ring (bicyclic) bond motifs is 1. The number of H-pyrrole nitrogens is 1. The van der Waals surface area contributed by atoms with Gasteiger partial charge in [-0.2, -0.15) is 0 Å². The van der Waals surface area contributed by atoms with Crippen molar-refractivity contribution >= 4 is 22.7 Å². The highest BCUT2D eigenvalue weighted by atomic mass is 16.5. The summed E-state index contributed by atoms with van der Waals surface area (Å²) in [5, 5.41) is 1.15. The normalized spacial score (nSPS) is 11.5. The third-order valence-electron chi connectivity index (χ3n) is 7.70. The molecule has 1 aromatic heterocycles. The van der Waals surface area contributed by atoms with E-state index in [2.05, 4.69) is 51.7 Å². The van der Waals surface area contributed by atoms with E-state index in [9.17, 15) is 9.59 Å². The third-order valence-corrected chi connectivity index (χ3v) is 7.70. The smallest absolute Gasteiger partial charge is 0.254 e. The summed E-state index contributed by atoms with van der Waals surface area (Å²) in [6.07, 6.45) is 2.69. The Balaban J connectivity index is 1.59. The fourth-order valence-corrected chi connectivity index (χ4v) is 5.30. The van der Waals surface area contributed by atoms with E-state index in [0.29, 0.717) is 43.1 Å². The van der Waals surface area contributed by atoms with Crippen molar-refractivity contribution in [2.45, 2.75) is 53.0 Å². The molecular weight excluding hydrogens is 538 g/mol. The van der Waals surface area contributed by atoms with E-state index >= 15 is 0 Å². The van der Waals surface area contributed by atoms with Crippen LogP contribution < -0.4 is 9.47 Å². The van der Waals surface area contributed by atoms with Crippen molar-refractivity contribution in [3.8, 4) is 11.5 Å². The van der Waals surface area contributed by atoms with Crippen molar-refractivity contribution in [1.82, 2.24) is 14.8 Å². The van der Waals surface area contributed by atoms with Gasteiger partial charge in [-0.1, -0.05) is 71.0 Å². The van der Waals surface area contributed by atoms with Crippen molar-refractivity contribution in [2.75, 3.05) is 33.9 Å². The predicted molar refractivity (Wildman–Crippen MR) is 173 cm³/mol. The first-order chi connectivity index (χ1) is 20.5. The summed E-state index contributed by atoms with van der Waals surface area (Å²) in [4.78, 5) is 34.6. The van der Waals surface area contributed by atoms with Gasteiger partial charge in [-0.15, -0.1) is 0 Å². The molecule has 0 saturated heterocycles. The number of para-hydroxylation sites is 1. The Morgan fingerprint density at radius 3 is 2.23 bits per heavy atom. The molecule has 7 heteroatoms. The van der Waals surface area contributed by atoms with Crippen molar-refractivity contribution in [1.29, 1.82) is 0 Å². The number of methoxy groups -OCH3 is 2. The van der Waals surface area contributed by atoms with Crippen LogP contribution in [0.1, 0.15) is 61.7 Å². The molecule has 43 heavy (non-hydrogen) atoms. The first-order valence-corrected chi connectivity index (χ1v) is 14.9. The number of ether oxygens (including phenoxy) is 2. The van der Waals surface area contributed by atoms with E-state index < -0.39 is 0 Å². The fourth-order valence-electron chi connectivity index (χ4n) is 5.30. The summed E-state index contributed by atoms with van der Waals surface area (Å²) in [6.45, 7) is 11.9. The summed E-state index contributed by atoms with van der Waals surface area (Å²) >= 11 is 0. The summed E-state index contributed by atoms with van der Waals surface area (Å²) in [5.41, 5.74) is 4.88. The second-order valence-electron chi connectivity index (χ2n) is 12.5. The molecule has 2 amide bonds. The van der Waals surface area contributed by atoms with Gasteiger partial charge in [0.25, 0.3) is 5.91 Å². The maximum atomic E-state index is 14.0. The first kappa shape index (κ1) is 31.7. The number of hydrogen-bond donors (Lipinski definition) is 1. The molecule has 0 aliphatic heterocycles. The molecule has 0 aliphatic rings. The van der Waals surface area contributed by atoms with Gasteiger partial charge in [0, 0.05) is 42.3 Å². The molecule has 0 fully saturated rings. The number of nitrogens with one attached hydrogen (secondary N) is 1. The topological polar surface area (TPSA) is 74.9 Å². The van der Waals surface area contributed by atoms with Gasteiger partial charge < -0.3 is 24.3 Å². The number of benzene rings is 3. The Hall–Kier alpha value is -4.26. The molecule has 3 aromatic carbocycles. The Morgan fingerprint density at radius 1 is 0.884 bits per heavy atom. The van der Waals surface area contributed by atoms with Crippen molar-refractivity contribution in [2.24, 2.45) is 5.92 Å². The summed E-state index contributed by atoms with van der Waals surface area (Å²) in [5.74, 6) is 1.21. The summed E-state index contributed by atoms with van der Waals surface area (Å²) in [6, 6.07) is 21.6. The van der Waals surface area contributed by atoms with Crippen LogP contribution in [0.5, 0.6) is 11.5 Å². The molecule has 1 N–H and O–H groups in total. The number of rotatable bonds is 12. The van der Waals surface area contributed by atoms with E-state index in [0.717, 1.165) is 27.6 Å². The molecule has 0 radical (unpaired) electrons. The van der Waals surface area contributed by atoms with Crippen LogP contribution in [0.4, 0.5) is 0 Å². The van der Waals surface area contributed by atoms with Crippen LogP contribution in [0.3, 0.4) is 0 Å². The average molecular weight is 584 g/mol. The minimum atomic E-state index is -0.134. The van der Waals surface area contributed by atoms with Gasteiger partial charge >= 0.3 is 0 Å². The van der Waals surface area contributed by atoms with E-state index in [4.69, 9.17) is 9.47 Å². The molecule has 0 bridgehead atoms. The van der Waals surface area contributed by atoms with Gasteiger partial charge in [0.15, 0.2) is 11.5 Å². The van der Waals surface area contributed by atoms with Crippen molar-refractivity contribution in [3.63, 3.8) is 0 Å². The monoisotopic (exact) mass is 583 g/mol. The number of carbonyl (C=O) groups excluding carboxylic acids is 2. The quantitative estimate of drug-likeness (QED) is 0.198. The highest BCUT2D eigenvalue weighted by Gasteiger charge is 2.24. The Morgan fingerprint density at radius 2 is 1.58 bits per heavy atom. The molecule has 228 valence electrons. The summed E-state index contributed by atoms with van der Waals surface area (Å²) < 4.78 is 10.9. The Kier molecular flexibility index (Phi) is 10.2. The Bertz CT molecular complexity index is 1530. The van der Waals surface area contributed by atoms with Gasteiger partial charge in [0.1, 0.15) is 6.54 Å². The van der Waals surface area contributed by atoms with Gasteiger partial charge in [-0.25, -0.2) is 0 Å². The number of aromatic nitrogens is 1. The van der Waals surface area contributed by atoms with E-state index in [1.807, 2.05) is 65.7 Å². The van der Waals surface area contributed by atoms with Crippen LogP contribution in [0, 0.1) is 5.92 Å².